The van der Waals surface area contributed by atoms with E-state index in [0.29, 0.717) is 17.5 Å². The summed E-state index contributed by atoms with van der Waals surface area (Å²) in [6.45, 7) is 2.47. The van der Waals surface area contributed by atoms with E-state index in [2.05, 4.69) is 25.4 Å². The topological polar surface area (TPSA) is 68.0 Å². The number of hydrogen-bond donors (Lipinski definition) is 1. The van der Waals surface area contributed by atoms with Gasteiger partial charge in [0.2, 0.25) is 0 Å². The first-order chi connectivity index (χ1) is 9.25. The molecule has 3 aromatic heterocycles. The van der Waals surface area contributed by atoms with Crippen LogP contribution in [-0.2, 0) is 6.54 Å². The molecule has 19 heavy (non-hydrogen) atoms. The lowest BCUT2D eigenvalue weighted by Crippen LogP contribution is -2.09. The Morgan fingerprint density at radius 1 is 1.32 bits per heavy atom. The van der Waals surface area contributed by atoms with Crippen molar-refractivity contribution in [2.45, 2.75) is 13.5 Å². The number of hydrogen-bond acceptors (Lipinski definition) is 5. The second kappa shape index (κ2) is 4.81. The van der Waals surface area contributed by atoms with Gasteiger partial charge in [-0.05, 0) is 19.1 Å². The summed E-state index contributed by atoms with van der Waals surface area (Å²) < 4.78 is 1.63. The van der Waals surface area contributed by atoms with Crippen molar-refractivity contribution in [3.05, 3.63) is 47.1 Å². The van der Waals surface area contributed by atoms with Crippen molar-refractivity contribution in [1.29, 1.82) is 0 Å². The van der Waals surface area contributed by atoms with Crippen LogP contribution in [0.4, 0.5) is 5.82 Å². The second-order valence-corrected chi connectivity index (χ2v) is 4.38. The standard InChI is InChI=1S/C12H11ClN6/c1-8-10(13)18-12-16-7-17-19(12)11(8)15-6-9-4-2-3-5-14-9/h2-5,7,15H,6H2,1H3. The minimum Gasteiger partial charge on any atom is -0.364 e. The van der Waals surface area contributed by atoms with Crippen molar-refractivity contribution < 1.29 is 0 Å². The molecular formula is C12H11ClN6. The number of anilines is 1. The molecule has 0 atom stereocenters. The van der Waals surface area contributed by atoms with E-state index in [1.807, 2.05) is 25.1 Å². The van der Waals surface area contributed by atoms with E-state index < -0.39 is 0 Å². The number of fused-ring (bicyclic) bond motifs is 1. The lowest BCUT2D eigenvalue weighted by atomic mass is 10.3. The van der Waals surface area contributed by atoms with E-state index >= 15 is 0 Å². The molecule has 0 bridgehead atoms. The van der Waals surface area contributed by atoms with E-state index in [-0.39, 0.29) is 0 Å². The predicted molar refractivity (Wildman–Crippen MR) is 72.1 cm³/mol. The Balaban J connectivity index is 1.96. The summed E-state index contributed by atoms with van der Waals surface area (Å²) in [4.78, 5) is 12.4. The zero-order valence-corrected chi connectivity index (χ0v) is 11.0. The summed E-state index contributed by atoms with van der Waals surface area (Å²) in [6, 6.07) is 5.78. The molecule has 0 unspecified atom stereocenters. The maximum atomic E-state index is 6.08. The van der Waals surface area contributed by atoms with Crippen LogP contribution in [-0.4, -0.2) is 24.6 Å². The van der Waals surface area contributed by atoms with Gasteiger partial charge in [-0.1, -0.05) is 17.7 Å². The van der Waals surface area contributed by atoms with Gasteiger partial charge in [0.15, 0.2) is 0 Å². The molecule has 0 amide bonds. The molecule has 1 N–H and O–H groups in total. The highest BCUT2D eigenvalue weighted by Crippen LogP contribution is 2.22. The van der Waals surface area contributed by atoms with Crippen LogP contribution in [0, 0.1) is 6.92 Å². The summed E-state index contributed by atoms with van der Waals surface area (Å²) in [7, 11) is 0. The summed E-state index contributed by atoms with van der Waals surface area (Å²) in [6.07, 6.45) is 3.21. The Labute approximate surface area is 114 Å². The number of pyridine rings is 1. The molecule has 0 spiro atoms. The summed E-state index contributed by atoms with van der Waals surface area (Å²) in [5, 5.41) is 7.83. The lowest BCUT2D eigenvalue weighted by Gasteiger charge is -2.11. The van der Waals surface area contributed by atoms with Gasteiger partial charge in [-0.2, -0.15) is 19.6 Å². The summed E-state index contributed by atoms with van der Waals surface area (Å²) in [5.74, 6) is 1.25. The molecule has 0 radical (unpaired) electrons. The van der Waals surface area contributed by atoms with Gasteiger partial charge in [0.05, 0.1) is 12.2 Å². The fourth-order valence-corrected chi connectivity index (χ4v) is 1.95. The molecule has 0 saturated heterocycles. The van der Waals surface area contributed by atoms with Crippen LogP contribution < -0.4 is 5.32 Å². The molecule has 0 saturated carbocycles. The molecule has 3 heterocycles. The van der Waals surface area contributed by atoms with Crippen LogP contribution in [0.15, 0.2) is 30.7 Å². The fraction of sp³-hybridized carbons (Fsp3) is 0.167. The normalized spacial score (nSPS) is 10.8. The number of rotatable bonds is 3. The van der Waals surface area contributed by atoms with Crippen LogP contribution >= 0.6 is 11.6 Å². The average molecular weight is 275 g/mol. The summed E-state index contributed by atoms with van der Waals surface area (Å²) >= 11 is 6.08. The lowest BCUT2D eigenvalue weighted by molar-refractivity contribution is 0.906. The molecule has 0 aliphatic carbocycles. The highest BCUT2D eigenvalue weighted by Gasteiger charge is 2.11. The first kappa shape index (κ1) is 11.9. The zero-order chi connectivity index (χ0) is 13.2. The van der Waals surface area contributed by atoms with Gasteiger partial charge in [-0.15, -0.1) is 0 Å². The quantitative estimate of drug-likeness (QED) is 0.741. The average Bonchev–Trinajstić information content (AvgIpc) is 2.88. The van der Waals surface area contributed by atoms with Crippen LogP contribution in [0.2, 0.25) is 5.15 Å². The second-order valence-electron chi connectivity index (χ2n) is 4.02. The number of aromatic nitrogens is 5. The molecule has 0 aliphatic rings. The molecule has 7 heteroatoms. The van der Waals surface area contributed by atoms with Gasteiger partial charge in [-0.25, -0.2) is 0 Å². The van der Waals surface area contributed by atoms with E-state index in [0.717, 1.165) is 17.1 Å². The molecular weight excluding hydrogens is 264 g/mol. The van der Waals surface area contributed by atoms with Gasteiger partial charge in [-0.3, -0.25) is 4.98 Å². The molecule has 6 nitrogen and oxygen atoms in total. The van der Waals surface area contributed by atoms with Crippen LogP contribution in [0.1, 0.15) is 11.3 Å². The SMILES string of the molecule is Cc1c(Cl)nc2ncnn2c1NCc1ccccn1. The van der Waals surface area contributed by atoms with Crippen molar-refractivity contribution in [1.82, 2.24) is 24.6 Å². The third kappa shape index (κ3) is 2.22. The van der Waals surface area contributed by atoms with Crippen molar-refractivity contribution in [2.75, 3.05) is 5.32 Å². The maximum Gasteiger partial charge on any atom is 0.255 e. The Bertz CT molecular complexity index is 709. The first-order valence-corrected chi connectivity index (χ1v) is 6.13. The van der Waals surface area contributed by atoms with Crippen LogP contribution in [0.25, 0.3) is 5.78 Å². The first-order valence-electron chi connectivity index (χ1n) is 5.75. The van der Waals surface area contributed by atoms with E-state index in [1.165, 1.54) is 6.33 Å². The molecule has 3 aromatic rings. The van der Waals surface area contributed by atoms with Gasteiger partial charge in [0.1, 0.15) is 17.3 Å². The van der Waals surface area contributed by atoms with Gasteiger partial charge >= 0.3 is 0 Å². The number of halogens is 1. The van der Waals surface area contributed by atoms with E-state index in [4.69, 9.17) is 11.6 Å². The monoisotopic (exact) mass is 274 g/mol. The third-order valence-electron chi connectivity index (χ3n) is 2.77. The largest absolute Gasteiger partial charge is 0.364 e. The van der Waals surface area contributed by atoms with Crippen molar-refractivity contribution >= 4 is 23.2 Å². The predicted octanol–water partition coefficient (Wildman–Crippen LogP) is 2.09. The van der Waals surface area contributed by atoms with E-state index in [9.17, 15) is 0 Å². The van der Waals surface area contributed by atoms with Gasteiger partial charge < -0.3 is 5.32 Å². The van der Waals surface area contributed by atoms with E-state index in [1.54, 1.807) is 10.7 Å². The minimum absolute atomic E-state index is 0.420. The fourth-order valence-electron chi connectivity index (χ4n) is 1.78. The molecule has 0 aliphatic heterocycles. The maximum absolute atomic E-state index is 6.08. The van der Waals surface area contributed by atoms with Gasteiger partial charge in [0, 0.05) is 11.8 Å². The zero-order valence-electron chi connectivity index (χ0n) is 10.2. The molecule has 96 valence electrons. The Hall–Kier alpha value is -2.21. The molecule has 0 fully saturated rings. The van der Waals surface area contributed by atoms with Crippen molar-refractivity contribution in [3.63, 3.8) is 0 Å². The van der Waals surface area contributed by atoms with Crippen molar-refractivity contribution in [2.24, 2.45) is 0 Å². The third-order valence-corrected chi connectivity index (χ3v) is 3.14. The highest BCUT2D eigenvalue weighted by molar-refractivity contribution is 6.30. The smallest absolute Gasteiger partial charge is 0.255 e. The Morgan fingerprint density at radius 2 is 2.21 bits per heavy atom. The van der Waals surface area contributed by atoms with Crippen molar-refractivity contribution in [3.8, 4) is 0 Å². The minimum atomic E-state index is 0.420. The highest BCUT2D eigenvalue weighted by atomic mass is 35.5. The summed E-state index contributed by atoms with van der Waals surface area (Å²) in [5.41, 5.74) is 1.76. The Morgan fingerprint density at radius 3 is 3.00 bits per heavy atom. The molecule has 3 rings (SSSR count). The number of nitrogens with zero attached hydrogens (tertiary/aromatic N) is 5. The van der Waals surface area contributed by atoms with Gasteiger partial charge in [0.25, 0.3) is 5.78 Å². The Kier molecular flexibility index (Phi) is 3.00. The number of nitrogens with one attached hydrogen (secondary N) is 1. The van der Waals surface area contributed by atoms with Crippen LogP contribution in [0.5, 0.6) is 0 Å². The van der Waals surface area contributed by atoms with Crippen LogP contribution in [0.3, 0.4) is 0 Å². The molecule has 0 aromatic carbocycles.